The van der Waals surface area contributed by atoms with E-state index in [4.69, 9.17) is 0 Å². The topological polar surface area (TPSA) is 59.0 Å². The van der Waals surface area contributed by atoms with Crippen molar-refractivity contribution in [2.75, 3.05) is 11.9 Å². The first kappa shape index (κ1) is 13.6. The fraction of sp³-hybridized carbons (Fsp3) is 0.571. The van der Waals surface area contributed by atoms with Crippen molar-refractivity contribution in [1.82, 2.24) is 15.1 Å². The number of hydrogen-bond acceptors (Lipinski definition) is 2. The molecule has 0 saturated carbocycles. The summed E-state index contributed by atoms with van der Waals surface area (Å²) in [6.07, 6.45) is 11.7. The fourth-order valence-electron chi connectivity index (χ4n) is 2.24. The first-order chi connectivity index (χ1) is 9.28. The van der Waals surface area contributed by atoms with Crippen LogP contribution in [0.15, 0.2) is 24.0 Å². The van der Waals surface area contributed by atoms with Gasteiger partial charge in [0.25, 0.3) is 0 Å². The lowest BCUT2D eigenvalue weighted by molar-refractivity contribution is 0.252. The standard InChI is InChI=1S/C14H22N4O/c1-2-18-11-13(10-16-18)17-14(19)15-9-8-12-6-4-3-5-7-12/h6,10-11H,2-5,7-9H2,1H3,(H2,15,17,19). The average molecular weight is 262 g/mol. The van der Waals surface area contributed by atoms with Crippen LogP contribution in [0.25, 0.3) is 0 Å². The smallest absolute Gasteiger partial charge is 0.319 e. The molecule has 1 heterocycles. The minimum Gasteiger partial charge on any atom is -0.338 e. The molecule has 0 fully saturated rings. The second-order valence-electron chi connectivity index (χ2n) is 4.82. The largest absolute Gasteiger partial charge is 0.338 e. The van der Waals surface area contributed by atoms with Gasteiger partial charge in [-0.2, -0.15) is 5.10 Å². The molecular formula is C14H22N4O. The van der Waals surface area contributed by atoms with Gasteiger partial charge in [-0.3, -0.25) is 4.68 Å². The van der Waals surface area contributed by atoms with E-state index in [1.807, 2.05) is 13.1 Å². The zero-order chi connectivity index (χ0) is 13.5. The molecule has 1 aliphatic rings. The number of aryl methyl sites for hydroxylation is 1. The molecule has 0 bridgehead atoms. The highest BCUT2D eigenvalue weighted by Crippen LogP contribution is 2.19. The molecule has 0 unspecified atom stereocenters. The minimum atomic E-state index is -0.160. The summed E-state index contributed by atoms with van der Waals surface area (Å²) >= 11 is 0. The van der Waals surface area contributed by atoms with E-state index in [0.717, 1.165) is 18.7 Å². The van der Waals surface area contributed by atoms with Gasteiger partial charge in [0, 0.05) is 19.3 Å². The van der Waals surface area contributed by atoms with E-state index < -0.39 is 0 Å². The van der Waals surface area contributed by atoms with Crippen LogP contribution >= 0.6 is 0 Å². The maximum atomic E-state index is 11.7. The molecule has 0 atom stereocenters. The maximum Gasteiger partial charge on any atom is 0.319 e. The molecule has 19 heavy (non-hydrogen) atoms. The predicted molar refractivity (Wildman–Crippen MR) is 76.1 cm³/mol. The van der Waals surface area contributed by atoms with Gasteiger partial charge < -0.3 is 10.6 Å². The molecule has 0 saturated heterocycles. The number of carbonyl (C=O) groups excluding carboxylic acids is 1. The van der Waals surface area contributed by atoms with Crippen molar-refractivity contribution in [1.29, 1.82) is 0 Å². The number of nitrogens with one attached hydrogen (secondary N) is 2. The molecule has 5 heteroatoms. The van der Waals surface area contributed by atoms with Crippen molar-refractivity contribution >= 4 is 11.7 Å². The molecule has 1 aromatic heterocycles. The Labute approximate surface area is 114 Å². The normalized spacial score (nSPS) is 14.9. The summed E-state index contributed by atoms with van der Waals surface area (Å²) in [5.41, 5.74) is 2.21. The lowest BCUT2D eigenvalue weighted by Crippen LogP contribution is -2.29. The molecule has 2 rings (SSSR count). The molecule has 2 amide bonds. The Hall–Kier alpha value is -1.78. The van der Waals surface area contributed by atoms with Crippen LogP contribution in [-0.2, 0) is 6.54 Å². The second-order valence-corrected chi connectivity index (χ2v) is 4.82. The van der Waals surface area contributed by atoms with E-state index in [1.165, 1.54) is 31.3 Å². The zero-order valence-corrected chi connectivity index (χ0v) is 11.5. The van der Waals surface area contributed by atoms with Gasteiger partial charge in [0.15, 0.2) is 0 Å². The number of hydrogen-bond donors (Lipinski definition) is 2. The third-order valence-electron chi connectivity index (χ3n) is 3.33. The maximum absolute atomic E-state index is 11.7. The van der Waals surface area contributed by atoms with Crippen molar-refractivity contribution in [3.63, 3.8) is 0 Å². The number of carbonyl (C=O) groups is 1. The van der Waals surface area contributed by atoms with Crippen molar-refractivity contribution in [2.24, 2.45) is 0 Å². The summed E-state index contributed by atoms with van der Waals surface area (Å²) in [4.78, 5) is 11.7. The van der Waals surface area contributed by atoms with Crippen molar-refractivity contribution < 1.29 is 4.79 Å². The Morgan fingerprint density at radius 1 is 1.47 bits per heavy atom. The molecule has 0 aromatic carbocycles. The van der Waals surface area contributed by atoms with Gasteiger partial charge in [0.05, 0.1) is 11.9 Å². The molecule has 1 aliphatic carbocycles. The SMILES string of the molecule is CCn1cc(NC(=O)NCCC2=CCCCC2)cn1. The van der Waals surface area contributed by atoms with Crippen molar-refractivity contribution in [3.8, 4) is 0 Å². The van der Waals surface area contributed by atoms with E-state index in [0.29, 0.717) is 6.54 Å². The van der Waals surface area contributed by atoms with E-state index >= 15 is 0 Å². The number of allylic oxidation sites excluding steroid dienone is 1. The van der Waals surface area contributed by atoms with E-state index in [2.05, 4.69) is 21.8 Å². The fourth-order valence-corrected chi connectivity index (χ4v) is 2.24. The minimum absolute atomic E-state index is 0.160. The van der Waals surface area contributed by atoms with Crippen LogP contribution in [0.2, 0.25) is 0 Å². The van der Waals surface area contributed by atoms with Crippen LogP contribution in [0, 0.1) is 0 Å². The molecule has 104 valence electrons. The average Bonchev–Trinajstić information content (AvgIpc) is 2.87. The third-order valence-corrected chi connectivity index (χ3v) is 3.33. The van der Waals surface area contributed by atoms with Crippen LogP contribution in [0.5, 0.6) is 0 Å². The molecule has 0 aliphatic heterocycles. The van der Waals surface area contributed by atoms with Gasteiger partial charge in [-0.05, 0) is 39.0 Å². The van der Waals surface area contributed by atoms with Gasteiger partial charge in [0.2, 0.25) is 0 Å². The third kappa shape index (κ3) is 4.43. The van der Waals surface area contributed by atoms with E-state index in [9.17, 15) is 4.79 Å². The predicted octanol–water partition coefficient (Wildman–Crippen LogP) is 2.92. The van der Waals surface area contributed by atoms with Crippen molar-refractivity contribution in [2.45, 2.75) is 45.6 Å². The Balaban J connectivity index is 1.68. The van der Waals surface area contributed by atoms with Crippen LogP contribution in [0.3, 0.4) is 0 Å². The summed E-state index contributed by atoms with van der Waals surface area (Å²) in [7, 11) is 0. The second kappa shape index (κ2) is 6.97. The lowest BCUT2D eigenvalue weighted by atomic mass is 9.97. The molecule has 5 nitrogen and oxygen atoms in total. The van der Waals surface area contributed by atoms with Crippen LogP contribution in [0.1, 0.15) is 39.0 Å². The number of amides is 2. The number of urea groups is 1. The summed E-state index contributed by atoms with van der Waals surface area (Å²) in [6.45, 7) is 3.51. The lowest BCUT2D eigenvalue weighted by Gasteiger charge is -2.13. The summed E-state index contributed by atoms with van der Waals surface area (Å²) in [6, 6.07) is -0.160. The van der Waals surface area contributed by atoms with Crippen LogP contribution < -0.4 is 10.6 Å². The van der Waals surface area contributed by atoms with Crippen LogP contribution in [0.4, 0.5) is 10.5 Å². The number of anilines is 1. The van der Waals surface area contributed by atoms with E-state index in [1.54, 1.807) is 10.9 Å². The molecule has 0 spiro atoms. The highest BCUT2D eigenvalue weighted by atomic mass is 16.2. The highest BCUT2D eigenvalue weighted by molar-refractivity contribution is 5.88. The summed E-state index contributed by atoms with van der Waals surface area (Å²) < 4.78 is 1.78. The number of rotatable bonds is 5. The first-order valence-corrected chi connectivity index (χ1v) is 7.03. The zero-order valence-electron chi connectivity index (χ0n) is 11.5. The number of nitrogens with zero attached hydrogens (tertiary/aromatic N) is 2. The van der Waals surface area contributed by atoms with Gasteiger partial charge in [0.1, 0.15) is 0 Å². The van der Waals surface area contributed by atoms with Gasteiger partial charge in [-0.15, -0.1) is 0 Å². The Bertz CT molecular complexity index is 450. The molecule has 0 radical (unpaired) electrons. The molecule has 1 aromatic rings. The Morgan fingerprint density at radius 3 is 3.05 bits per heavy atom. The quantitative estimate of drug-likeness (QED) is 0.802. The summed E-state index contributed by atoms with van der Waals surface area (Å²) in [5, 5.41) is 9.77. The first-order valence-electron chi connectivity index (χ1n) is 7.03. The summed E-state index contributed by atoms with van der Waals surface area (Å²) in [5.74, 6) is 0. The van der Waals surface area contributed by atoms with Crippen LogP contribution in [-0.4, -0.2) is 22.4 Å². The highest BCUT2D eigenvalue weighted by Gasteiger charge is 2.06. The van der Waals surface area contributed by atoms with Crippen molar-refractivity contribution in [3.05, 3.63) is 24.0 Å². The van der Waals surface area contributed by atoms with E-state index in [-0.39, 0.29) is 6.03 Å². The van der Waals surface area contributed by atoms with Gasteiger partial charge >= 0.3 is 6.03 Å². The Morgan fingerprint density at radius 2 is 2.37 bits per heavy atom. The number of aromatic nitrogens is 2. The monoisotopic (exact) mass is 262 g/mol. The van der Waals surface area contributed by atoms with Gasteiger partial charge in [-0.1, -0.05) is 11.6 Å². The Kier molecular flexibility index (Phi) is 5.01. The molecular weight excluding hydrogens is 240 g/mol. The molecule has 2 N–H and O–H groups in total. The van der Waals surface area contributed by atoms with Gasteiger partial charge in [-0.25, -0.2) is 4.79 Å².